The van der Waals surface area contributed by atoms with E-state index in [2.05, 4.69) is 68.1 Å². The molecule has 0 aliphatic carbocycles. The fourth-order valence-corrected chi connectivity index (χ4v) is 3.96. The van der Waals surface area contributed by atoms with Gasteiger partial charge in [-0.25, -0.2) is 0 Å². The number of hydrogen-bond donors (Lipinski definition) is 1. The summed E-state index contributed by atoms with van der Waals surface area (Å²) in [4.78, 5) is 13.7. The molecule has 3 nitrogen and oxygen atoms in total. The highest BCUT2D eigenvalue weighted by atomic mass is 16.4. The number of aliphatic carboxylic acids is 1. The van der Waals surface area contributed by atoms with Crippen LogP contribution in [0.25, 0.3) is 0 Å². The van der Waals surface area contributed by atoms with E-state index in [1.54, 1.807) is 0 Å². The van der Waals surface area contributed by atoms with Gasteiger partial charge in [0.15, 0.2) is 0 Å². The molecule has 1 N–H and O–H groups in total. The van der Waals surface area contributed by atoms with Crippen LogP contribution in [0.5, 0.6) is 0 Å². The lowest BCUT2D eigenvalue weighted by atomic mass is 9.88. The first kappa shape index (κ1) is 17.7. The number of piperidine rings is 1. The standard InChI is InChI=1S/C22H27NO2/c1-15-5-4-6-19(14-15)21(20-8-7-16(2)13-17(20)3)23-11-9-18(10-12-23)22(24)25/h4-8,13-14,18,21H,9-12H2,1-3H3,(H,24,25). The maximum absolute atomic E-state index is 11.3. The minimum atomic E-state index is -0.654. The Labute approximate surface area is 150 Å². The Morgan fingerprint density at radius 3 is 2.32 bits per heavy atom. The van der Waals surface area contributed by atoms with Gasteiger partial charge in [0, 0.05) is 0 Å². The lowest BCUT2D eigenvalue weighted by Crippen LogP contribution is -2.39. The molecular weight excluding hydrogens is 310 g/mol. The molecule has 0 radical (unpaired) electrons. The summed E-state index contributed by atoms with van der Waals surface area (Å²) in [6, 6.07) is 15.5. The third-order valence-corrected chi connectivity index (χ3v) is 5.32. The first-order chi connectivity index (χ1) is 12.0. The predicted octanol–water partition coefficient (Wildman–Crippen LogP) is 4.50. The van der Waals surface area contributed by atoms with Gasteiger partial charge < -0.3 is 5.11 Å². The number of hydrogen-bond acceptors (Lipinski definition) is 2. The Morgan fingerprint density at radius 2 is 1.72 bits per heavy atom. The van der Waals surface area contributed by atoms with Crippen molar-refractivity contribution in [3.8, 4) is 0 Å². The monoisotopic (exact) mass is 337 g/mol. The summed E-state index contributed by atoms with van der Waals surface area (Å²) in [5.74, 6) is -0.855. The van der Waals surface area contributed by atoms with Gasteiger partial charge in [-0.1, -0.05) is 53.6 Å². The molecule has 2 aromatic carbocycles. The topological polar surface area (TPSA) is 40.5 Å². The van der Waals surface area contributed by atoms with Crippen molar-refractivity contribution in [3.63, 3.8) is 0 Å². The third kappa shape index (κ3) is 3.93. The van der Waals surface area contributed by atoms with E-state index in [0.717, 1.165) is 25.9 Å². The van der Waals surface area contributed by atoms with E-state index in [1.807, 2.05) is 0 Å². The maximum atomic E-state index is 11.3. The lowest BCUT2D eigenvalue weighted by Gasteiger charge is -2.38. The number of nitrogens with zero attached hydrogens (tertiary/aromatic N) is 1. The average Bonchev–Trinajstić information content (AvgIpc) is 2.58. The van der Waals surface area contributed by atoms with Crippen molar-refractivity contribution in [3.05, 3.63) is 70.3 Å². The van der Waals surface area contributed by atoms with Gasteiger partial charge in [0.1, 0.15) is 0 Å². The van der Waals surface area contributed by atoms with Gasteiger partial charge in [-0.2, -0.15) is 0 Å². The van der Waals surface area contributed by atoms with Crippen molar-refractivity contribution in [2.75, 3.05) is 13.1 Å². The molecule has 3 rings (SSSR count). The molecule has 1 aliphatic heterocycles. The molecule has 1 aliphatic rings. The van der Waals surface area contributed by atoms with E-state index in [-0.39, 0.29) is 12.0 Å². The summed E-state index contributed by atoms with van der Waals surface area (Å²) in [6.07, 6.45) is 1.45. The molecule has 3 heteroatoms. The third-order valence-electron chi connectivity index (χ3n) is 5.32. The molecular formula is C22H27NO2. The summed E-state index contributed by atoms with van der Waals surface area (Å²) in [5, 5.41) is 9.29. The largest absolute Gasteiger partial charge is 0.481 e. The molecule has 132 valence electrons. The Hall–Kier alpha value is -2.13. The molecule has 1 heterocycles. The van der Waals surface area contributed by atoms with Crippen LogP contribution in [0.15, 0.2) is 42.5 Å². The fraction of sp³-hybridized carbons (Fsp3) is 0.409. The van der Waals surface area contributed by atoms with Gasteiger partial charge in [-0.15, -0.1) is 0 Å². The van der Waals surface area contributed by atoms with Gasteiger partial charge in [0.05, 0.1) is 12.0 Å². The molecule has 1 unspecified atom stereocenters. The van der Waals surface area contributed by atoms with Gasteiger partial charge in [0.2, 0.25) is 0 Å². The zero-order chi connectivity index (χ0) is 18.0. The Bertz CT molecular complexity index is 760. The lowest BCUT2D eigenvalue weighted by molar-refractivity contribution is -0.143. The van der Waals surface area contributed by atoms with Crippen LogP contribution < -0.4 is 0 Å². The SMILES string of the molecule is Cc1cccc(C(c2ccc(C)cc2C)N2CCC(C(=O)O)CC2)c1. The van der Waals surface area contributed by atoms with E-state index < -0.39 is 5.97 Å². The average molecular weight is 337 g/mol. The van der Waals surface area contributed by atoms with Crippen molar-refractivity contribution < 1.29 is 9.90 Å². The van der Waals surface area contributed by atoms with E-state index in [1.165, 1.54) is 27.8 Å². The van der Waals surface area contributed by atoms with Gasteiger partial charge >= 0.3 is 5.97 Å². The molecule has 1 saturated heterocycles. The molecule has 0 aromatic heterocycles. The van der Waals surface area contributed by atoms with Crippen molar-refractivity contribution in [1.82, 2.24) is 4.90 Å². The van der Waals surface area contributed by atoms with Crippen LogP contribution >= 0.6 is 0 Å². The summed E-state index contributed by atoms with van der Waals surface area (Å²) < 4.78 is 0. The maximum Gasteiger partial charge on any atom is 0.306 e. The first-order valence-corrected chi connectivity index (χ1v) is 9.06. The molecule has 1 fully saturated rings. The fourth-order valence-electron chi connectivity index (χ4n) is 3.96. The van der Waals surface area contributed by atoms with Crippen molar-refractivity contribution in [2.45, 2.75) is 39.7 Å². The molecule has 1 atom stereocenters. The number of rotatable bonds is 4. The second-order valence-corrected chi connectivity index (χ2v) is 7.33. The molecule has 0 bridgehead atoms. The molecule has 2 aromatic rings. The molecule has 0 saturated carbocycles. The molecule has 0 spiro atoms. The first-order valence-electron chi connectivity index (χ1n) is 9.06. The van der Waals surface area contributed by atoms with Crippen molar-refractivity contribution in [2.24, 2.45) is 5.92 Å². The summed E-state index contributed by atoms with van der Waals surface area (Å²) in [7, 11) is 0. The van der Waals surface area contributed by atoms with Crippen LogP contribution in [0.3, 0.4) is 0 Å². The Kier molecular flexibility index (Phi) is 5.24. The zero-order valence-corrected chi connectivity index (χ0v) is 15.3. The van der Waals surface area contributed by atoms with Gasteiger partial charge in [0.25, 0.3) is 0 Å². The van der Waals surface area contributed by atoms with Crippen molar-refractivity contribution >= 4 is 5.97 Å². The van der Waals surface area contributed by atoms with Gasteiger partial charge in [-0.05, 0) is 63.4 Å². The van der Waals surface area contributed by atoms with Crippen LogP contribution in [-0.4, -0.2) is 29.1 Å². The van der Waals surface area contributed by atoms with Gasteiger partial charge in [-0.3, -0.25) is 9.69 Å². The van der Waals surface area contributed by atoms with Crippen LogP contribution in [0.4, 0.5) is 0 Å². The minimum Gasteiger partial charge on any atom is -0.481 e. The van der Waals surface area contributed by atoms with Crippen LogP contribution in [0, 0.1) is 26.7 Å². The number of carboxylic acids is 1. The van der Waals surface area contributed by atoms with Crippen LogP contribution in [0.2, 0.25) is 0 Å². The van der Waals surface area contributed by atoms with Crippen LogP contribution in [0.1, 0.15) is 46.7 Å². The number of likely N-dealkylation sites (tertiary alicyclic amines) is 1. The predicted molar refractivity (Wildman–Crippen MR) is 101 cm³/mol. The Morgan fingerprint density at radius 1 is 1.04 bits per heavy atom. The highest BCUT2D eigenvalue weighted by molar-refractivity contribution is 5.70. The number of carbonyl (C=O) groups is 1. The zero-order valence-electron chi connectivity index (χ0n) is 15.3. The smallest absolute Gasteiger partial charge is 0.306 e. The number of benzene rings is 2. The second kappa shape index (κ2) is 7.40. The summed E-state index contributed by atoms with van der Waals surface area (Å²) >= 11 is 0. The summed E-state index contributed by atoms with van der Waals surface area (Å²) in [5.41, 5.74) is 6.44. The highest BCUT2D eigenvalue weighted by Gasteiger charge is 2.30. The van der Waals surface area contributed by atoms with Crippen LogP contribution in [-0.2, 0) is 4.79 Å². The highest BCUT2D eigenvalue weighted by Crippen LogP contribution is 2.34. The van der Waals surface area contributed by atoms with E-state index in [4.69, 9.17) is 0 Å². The molecule has 0 amide bonds. The van der Waals surface area contributed by atoms with E-state index in [0.29, 0.717) is 0 Å². The second-order valence-electron chi connectivity index (χ2n) is 7.33. The normalized spacial score (nSPS) is 17.4. The van der Waals surface area contributed by atoms with E-state index in [9.17, 15) is 9.90 Å². The summed E-state index contributed by atoms with van der Waals surface area (Å²) in [6.45, 7) is 8.07. The van der Waals surface area contributed by atoms with Crippen molar-refractivity contribution in [1.29, 1.82) is 0 Å². The quantitative estimate of drug-likeness (QED) is 0.893. The molecule has 25 heavy (non-hydrogen) atoms. The number of aryl methyl sites for hydroxylation is 3. The van der Waals surface area contributed by atoms with E-state index >= 15 is 0 Å². The number of carboxylic acid groups (broad SMARTS) is 1. The minimum absolute atomic E-state index is 0.190. The Balaban J connectivity index is 1.97.